The Morgan fingerprint density at radius 3 is 2.65 bits per heavy atom. The summed E-state index contributed by atoms with van der Waals surface area (Å²) in [5, 5.41) is 11.3. The van der Waals surface area contributed by atoms with Crippen LogP contribution in [0.3, 0.4) is 0 Å². The zero-order chi connectivity index (χ0) is 31.8. The highest BCUT2D eigenvalue weighted by Crippen LogP contribution is 2.33. The number of anilines is 1. The first kappa shape index (κ1) is 29.7. The largest absolute Gasteiger partial charge is 0.336 e. The van der Waals surface area contributed by atoms with Crippen molar-refractivity contribution in [1.29, 1.82) is 0 Å². The SMILES string of the molecule is CS(=O)(=O)CCc1cc(F)cc(-c2nccc3[nH]c(-c4n[nH]c5cnc(-c6cncc(NC(=O)C7CCCCC7)c6)cc45)nc23)c1. The molecule has 0 spiro atoms. The Balaban J connectivity index is 1.21. The van der Waals surface area contributed by atoms with E-state index in [1.807, 2.05) is 12.1 Å². The summed E-state index contributed by atoms with van der Waals surface area (Å²) in [7, 11) is -3.21. The summed E-state index contributed by atoms with van der Waals surface area (Å²) in [6.45, 7) is 0. The van der Waals surface area contributed by atoms with Gasteiger partial charge in [-0.25, -0.2) is 17.8 Å². The van der Waals surface area contributed by atoms with E-state index in [1.54, 1.807) is 36.9 Å². The molecular weight excluding hydrogens is 607 g/mol. The molecule has 0 unspecified atom stereocenters. The van der Waals surface area contributed by atoms with Crippen LogP contribution in [-0.4, -0.2) is 61.5 Å². The number of fused-ring (bicyclic) bond motifs is 2. The molecule has 6 aromatic rings. The highest BCUT2D eigenvalue weighted by Gasteiger charge is 2.22. The Morgan fingerprint density at radius 1 is 0.978 bits per heavy atom. The number of hydrogen-bond donors (Lipinski definition) is 3. The number of rotatable bonds is 8. The number of nitrogens with zero attached hydrogens (tertiary/aromatic N) is 5. The fraction of sp³-hybridized carbons (Fsp3) is 0.273. The predicted octanol–water partition coefficient (Wildman–Crippen LogP) is 5.87. The number of amides is 1. The van der Waals surface area contributed by atoms with Gasteiger partial charge < -0.3 is 10.3 Å². The Morgan fingerprint density at radius 2 is 1.83 bits per heavy atom. The minimum absolute atomic E-state index is 0.0290. The third-order valence-electron chi connectivity index (χ3n) is 8.34. The monoisotopic (exact) mass is 638 g/mol. The zero-order valence-electron chi connectivity index (χ0n) is 25.0. The van der Waals surface area contributed by atoms with Crippen LogP contribution in [-0.2, 0) is 21.1 Å². The van der Waals surface area contributed by atoms with Crippen molar-refractivity contribution >= 4 is 43.4 Å². The molecule has 1 aliphatic rings. The first-order valence-electron chi connectivity index (χ1n) is 15.1. The lowest BCUT2D eigenvalue weighted by atomic mass is 9.88. The Bertz CT molecular complexity index is 2210. The van der Waals surface area contributed by atoms with Gasteiger partial charge in [0.25, 0.3) is 0 Å². The number of carbonyl (C=O) groups is 1. The number of aromatic nitrogens is 7. The quantitative estimate of drug-likeness (QED) is 0.187. The smallest absolute Gasteiger partial charge is 0.227 e. The van der Waals surface area contributed by atoms with Gasteiger partial charge in [-0.1, -0.05) is 19.3 Å². The highest BCUT2D eigenvalue weighted by molar-refractivity contribution is 7.90. The second-order valence-corrected chi connectivity index (χ2v) is 14.1. The number of H-pyrrole nitrogens is 2. The summed E-state index contributed by atoms with van der Waals surface area (Å²) in [6.07, 6.45) is 13.1. The number of carbonyl (C=O) groups excluding carboxylic acids is 1. The summed E-state index contributed by atoms with van der Waals surface area (Å²) >= 11 is 0. The van der Waals surface area contributed by atoms with Crippen LogP contribution < -0.4 is 5.32 Å². The van der Waals surface area contributed by atoms with Crippen LogP contribution in [0.1, 0.15) is 37.7 Å². The molecule has 7 rings (SSSR count). The average molecular weight is 639 g/mol. The molecule has 0 bridgehead atoms. The molecule has 1 aliphatic carbocycles. The van der Waals surface area contributed by atoms with Gasteiger partial charge in [0, 0.05) is 41.1 Å². The van der Waals surface area contributed by atoms with Crippen molar-refractivity contribution in [2.24, 2.45) is 5.92 Å². The van der Waals surface area contributed by atoms with E-state index in [0.717, 1.165) is 42.9 Å². The van der Waals surface area contributed by atoms with E-state index in [0.29, 0.717) is 56.3 Å². The molecule has 1 fully saturated rings. The van der Waals surface area contributed by atoms with Gasteiger partial charge in [-0.05, 0) is 61.2 Å². The summed E-state index contributed by atoms with van der Waals surface area (Å²) in [6, 6.07) is 9.98. The van der Waals surface area contributed by atoms with Crippen LogP contribution in [0.15, 0.2) is 61.2 Å². The standard InChI is InChI=1S/C33H31FN8O3S/c1-46(44,45)10-8-19-11-21(13-23(34)12-19)29-31-26(7-9-36-29)39-32(40-31)30-25-15-27(37-18-28(25)41-42-30)22-14-24(17-35-16-22)38-33(43)20-5-3-2-4-6-20/h7,9,11-18,20H,2-6,8,10H2,1H3,(H,38,43)(H,39,40)(H,41,42). The van der Waals surface area contributed by atoms with E-state index in [9.17, 15) is 17.6 Å². The number of sulfone groups is 1. The van der Waals surface area contributed by atoms with Crippen molar-refractivity contribution in [3.8, 4) is 34.0 Å². The van der Waals surface area contributed by atoms with Gasteiger partial charge in [0.1, 0.15) is 26.9 Å². The zero-order valence-corrected chi connectivity index (χ0v) is 25.9. The fourth-order valence-corrected chi connectivity index (χ4v) is 6.61. The average Bonchev–Trinajstić information content (AvgIpc) is 3.68. The van der Waals surface area contributed by atoms with Crippen LogP contribution >= 0.6 is 0 Å². The van der Waals surface area contributed by atoms with Crippen molar-refractivity contribution in [2.45, 2.75) is 38.5 Å². The molecule has 11 nitrogen and oxygen atoms in total. The van der Waals surface area contributed by atoms with Crippen molar-refractivity contribution in [2.75, 3.05) is 17.3 Å². The maximum Gasteiger partial charge on any atom is 0.227 e. The summed E-state index contributed by atoms with van der Waals surface area (Å²) < 4.78 is 38.0. The molecule has 5 aromatic heterocycles. The molecule has 0 aliphatic heterocycles. The van der Waals surface area contributed by atoms with Gasteiger partial charge >= 0.3 is 0 Å². The normalized spacial score (nSPS) is 14.2. The molecule has 5 heterocycles. The van der Waals surface area contributed by atoms with Gasteiger partial charge in [0.2, 0.25) is 5.91 Å². The summed E-state index contributed by atoms with van der Waals surface area (Å²) in [5.41, 5.74) is 5.98. The molecular formula is C33H31FN8O3S. The van der Waals surface area contributed by atoms with E-state index >= 15 is 0 Å². The highest BCUT2D eigenvalue weighted by atomic mass is 32.2. The molecule has 0 radical (unpaired) electrons. The van der Waals surface area contributed by atoms with Gasteiger partial charge in [0.15, 0.2) is 5.82 Å². The minimum atomic E-state index is -3.21. The Labute approximate surface area is 264 Å². The number of pyridine rings is 3. The number of imidazole rings is 1. The third kappa shape index (κ3) is 6.23. The van der Waals surface area contributed by atoms with E-state index in [1.165, 1.54) is 18.6 Å². The molecule has 3 N–H and O–H groups in total. The van der Waals surface area contributed by atoms with Gasteiger partial charge in [-0.15, -0.1) is 0 Å². The van der Waals surface area contributed by atoms with E-state index < -0.39 is 15.7 Å². The van der Waals surface area contributed by atoms with Crippen molar-refractivity contribution in [3.05, 3.63) is 72.6 Å². The van der Waals surface area contributed by atoms with E-state index in [4.69, 9.17) is 4.98 Å². The number of aromatic amines is 2. The molecule has 1 saturated carbocycles. The van der Waals surface area contributed by atoms with Crippen molar-refractivity contribution < 1.29 is 17.6 Å². The lowest BCUT2D eigenvalue weighted by molar-refractivity contribution is -0.120. The first-order valence-corrected chi connectivity index (χ1v) is 17.2. The second-order valence-electron chi connectivity index (χ2n) is 11.8. The predicted molar refractivity (Wildman–Crippen MR) is 174 cm³/mol. The van der Waals surface area contributed by atoms with Crippen LogP contribution in [0.2, 0.25) is 0 Å². The maximum atomic E-state index is 14.6. The van der Waals surface area contributed by atoms with Crippen molar-refractivity contribution in [1.82, 2.24) is 35.1 Å². The topological polar surface area (TPSA) is 159 Å². The fourth-order valence-electron chi connectivity index (χ4n) is 6.01. The Hall–Kier alpha value is -5.04. The van der Waals surface area contributed by atoms with Crippen molar-refractivity contribution in [3.63, 3.8) is 0 Å². The molecule has 0 saturated heterocycles. The number of nitrogens with one attached hydrogen (secondary N) is 3. The van der Waals surface area contributed by atoms with Gasteiger partial charge in [-0.3, -0.25) is 24.8 Å². The summed E-state index contributed by atoms with van der Waals surface area (Å²) in [4.78, 5) is 34.4. The van der Waals surface area contributed by atoms with Crippen LogP contribution in [0.25, 0.3) is 56.0 Å². The van der Waals surface area contributed by atoms with E-state index in [2.05, 4.69) is 35.5 Å². The Kier molecular flexibility index (Phi) is 7.77. The first-order chi connectivity index (χ1) is 22.2. The lowest BCUT2D eigenvalue weighted by Gasteiger charge is -2.20. The van der Waals surface area contributed by atoms with Crippen LogP contribution in [0.4, 0.5) is 10.1 Å². The number of benzene rings is 1. The number of aryl methyl sites for hydroxylation is 1. The molecule has 46 heavy (non-hydrogen) atoms. The van der Waals surface area contributed by atoms with Gasteiger partial charge in [0.05, 0.1) is 46.3 Å². The van der Waals surface area contributed by atoms with Crippen LogP contribution in [0.5, 0.6) is 0 Å². The number of hydrogen-bond acceptors (Lipinski definition) is 8. The molecule has 234 valence electrons. The lowest BCUT2D eigenvalue weighted by Crippen LogP contribution is -2.24. The van der Waals surface area contributed by atoms with Gasteiger partial charge in [-0.2, -0.15) is 5.10 Å². The molecule has 1 aromatic carbocycles. The summed E-state index contributed by atoms with van der Waals surface area (Å²) in [5.74, 6) is -0.0310. The number of halogens is 1. The third-order valence-corrected chi connectivity index (χ3v) is 9.29. The molecule has 1 amide bonds. The van der Waals surface area contributed by atoms with E-state index in [-0.39, 0.29) is 24.0 Å². The van der Waals surface area contributed by atoms with Crippen LogP contribution in [0, 0.1) is 11.7 Å². The minimum Gasteiger partial charge on any atom is -0.336 e. The molecule has 13 heteroatoms. The maximum absolute atomic E-state index is 14.6. The molecule has 0 atom stereocenters. The second kappa shape index (κ2) is 12.0.